The van der Waals surface area contributed by atoms with Crippen molar-refractivity contribution in [2.75, 3.05) is 6.54 Å². The Hall–Kier alpha value is -3.01. The second-order valence-electron chi connectivity index (χ2n) is 7.76. The van der Waals surface area contributed by atoms with Crippen molar-refractivity contribution in [2.45, 2.75) is 24.7 Å². The fraction of sp³-hybridized carbons (Fsp3) is 0.261. The molecule has 4 nitrogen and oxygen atoms in total. The second kappa shape index (κ2) is 6.02. The topological polar surface area (TPSA) is 49.8 Å². The van der Waals surface area contributed by atoms with Crippen molar-refractivity contribution >= 4 is 27.7 Å². The number of hydrogen-bond acceptors (Lipinski definition) is 1. The van der Waals surface area contributed by atoms with E-state index in [-0.39, 0.29) is 11.3 Å². The molecule has 4 aromatic rings. The van der Waals surface area contributed by atoms with Gasteiger partial charge in [0.25, 0.3) is 0 Å². The normalized spacial score (nSPS) is 15.3. The van der Waals surface area contributed by atoms with Gasteiger partial charge in [-0.15, -0.1) is 0 Å². The monoisotopic (exact) mass is 357 g/mol. The molecule has 1 saturated carbocycles. The Morgan fingerprint density at radius 1 is 1.11 bits per heavy atom. The number of para-hydroxylation sites is 2. The van der Waals surface area contributed by atoms with Gasteiger partial charge < -0.3 is 14.9 Å². The predicted octanol–water partition coefficient (Wildman–Crippen LogP) is 4.05. The summed E-state index contributed by atoms with van der Waals surface area (Å²) in [5, 5.41) is 5.64. The minimum absolute atomic E-state index is 0.0891. The first-order valence-corrected chi connectivity index (χ1v) is 9.53. The molecule has 5 rings (SSSR count). The fourth-order valence-corrected chi connectivity index (χ4v) is 4.24. The molecule has 1 aliphatic rings. The highest BCUT2D eigenvalue weighted by Crippen LogP contribution is 2.50. The molecule has 0 bridgehead atoms. The number of rotatable bonds is 5. The van der Waals surface area contributed by atoms with Crippen molar-refractivity contribution in [3.8, 4) is 0 Å². The third kappa shape index (κ3) is 2.72. The zero-order chi connectivity index (χ0) is 18.4. The maximum atomic E-state index is 12.6. The molecule has 2 heterocycles. The summed E-state index contributed by atoms with van der Waals surface area (Å²) in [6, 6.07) is 16.6. The molecule has 2 aromatic heterocycles. The summed E-state index contributed by atoms with van der Waals surface area (Å²) < 4.78 is 2.19. The molecule has 4 heteroatoms. The smallest absolute Gasteiger partial charge is 0.224 e. The molecule has 27 heavy (non-hydrogen) atoms. The summed E-state index contributed by atoms with van der Waals surface area (Å²) in [4.78, 5) is 15.8. The van der Waals surface area contributed by atoms with Gasteiger partial charge in [-0.25, -0.2) is 0 Å². The number of aromatic amines is 1. The molecule has 1 amide bonds. The van der Waals surface area contributed by atoms with Crippen molar-refractivity contribution in [2.24, 2.45) is 7.05 Å². The largest absolute Gasteiger partial charge is 0.361 e. The summed E-state index contributed by atoms with van der Waals surface area (Å²) in [7, 11) is 2.09. The number of nitrogens with one attached hydrogen (secondary N) is 2. The molecule has 136 valence electrons. The van der Waals surface area contributed by atoms with E-state index in [0.29, 0.717) is 13.0 Å². The average Bonchev–Trinajstić information content (AvgIpc) is 3.27. The van der Waals surface area contributed by atoms with Crippen molar-refractivity contribution in [3.63, 3.8) is 0 Å². The van der Waals surface area contributed by atoms with Crippen LogP contribution in [0.25, 0.3) is 21.8 Å². The van der Waals surface area contributed by atoms with Crippen LogP contribution in [0.1, 0.15) is 24.0 Å². The Balaban J connectivity index is 1.32. The van der Waals surface area contributed by atoms with E-state index >= 15 is 0 Å². The second-order valence-corrected chi connectivity index (χ2v) is 7.76. The number of amides is 1. The number of hydrogen-bond donors (Lipinski definition) is 2. The molecule has 1 fully saturated rings. The number of carbonyl (C=O) groups excluding carboxylic acids is 1. The van der Waals surface area contributed by atoms with Crippen molar-refractivity contribution in [1.82, 2.24) is 14.9 Å². The first-order chi connectivity index (χ1) is 13.2. The van der Waals surface area contributed by atoms with Crippen LogP contribution in [0.5, 0.6) is 0 Å². The van der Waals surface area contributed by atoms with E-state index in [1.54, 1.807) is 0 Å². The van der Waals surface area contributed by atoms with Gasteiger partial charge >= 0.3 is 0 Å². The van der Waals surface area contributed by atoms with Crippen molar-refractivity contribution < 1.29 is 4.79 Å². The van der Waals surface area contributed by atoms with Gasteiger partial charge in [-0.3, -0.25) is 4.79 Å². The molecule has 0 radical (unpaired) electrons. The summed E-state index contributed by atoms with van der Waals surface area (Å²) in [6.45, 7) is 0.711. The van der Waals surface area contributed by atoms with Gasteiger partial charge in [0.1, 0.15) is 0 Å². The number of carbonyl (C=O) groups is 1. The Kier molecular flexibility index (Phi) is 3.61. The van der Waals surface area contributed by atoms with Gasteiger partial charge in [0.2, 0.25) is 5.91 Å². The average molecular weight is 357 g/mol. The highest BCUT2D eigenvalue weighted by Gasteiger charge is 2.46. The van der Waals surface area contributed by atoms with E-state index in [4.69, 9.17) is 0 Å². The van der Waals surface area contributed by atoms with E-state index in [9.17, 15) is 4.79 Å². The van der Waals surface area contributed by atoms with Crippen LogP contribution < -0.4 is 5.32 Å². The molecule has 0 unspecified atom stereocenters. The number of aromatic nitrogens is 2. The van der Waals surface area contributed by atoms with Gasteiger partial charge in [0.05, 0.1) is 6.42 Å². The van der Waals surface area contributed by atoms with E-state index in [1.165, 1.54) is 16.5 Å². The van der Waals surface area contributed by atoms with Crippen LogP contribution in [0, 0.1) is 0 Å². The summed E-state index contributed by atoms with van der Waals surface area (Å²) in [5.41, 5.74) is 4.85. The molecule has 1 aliphatic carbocycles. The Bertz CT molecular complexity index is 1150. The van der Waals surface area contributed by atoms with Crippen LogP contribution in [0.15, 0.2) is 60.9 Å². The van der Waals surface area contributed by atoms with Gasteiger partial charge in [-0.2, -0.15) is 0 Å². The van der Waals surface area contributed by atoms with E-state index in [0.717, 1.165) is 29.3 Å². The highest BCUT2D eigenvalue weighted by molar-refractivity contribution is 5.89. The SMILES string of the molecule is Cn1cc(C2(CNC(=O)Cc3c[nH]c4ccccc34)CC2)c2ccccc21. The molecule has 0 saturated heterocycles. The van der Waals surface area contributed by atoms with Crippen LogP contribution in [0.3, 0.4) is 0 Å². The standard InChI is InChI=1S/C23H23N3O/c1-26-14-19(18-7-3-5-9-21(18)26)23(10-11-23)15-25-22(27)12-16-13-24-20-8-4-2-6-17(16)20/h2-9,13-14,24H,10-12,15H2,1H3,(H,25,27). The Labute approximate surface area is 158 Å². The van der Waals surface area contributed by atoms with Crippen molar-refractivity contribution in [1.29, 1.82) is 0 Å². The van der Waals surface area contributed by atoms with Gasteiger partial charge in [-0.05, 0) is 36.1 Å². The maximum Gasteiger partial charge on any atom is 0.224 e. The number of benzene rings is 2. The third-order valence-corrected chi connectivity index (χ3v) is 5.97. The summed E-state index contributed by atoms with van der Waals surface area (Å²) >= 11 is 0. The lowest BCUT2D eigenvalue weighted by atomic mass is 9.95. The maximum absolute atomic E-state index is 12.6. The molecular weight excluding hydrogens is 334 g/mol. The molecule has 0 aliphatic heterocycles. The first-order valence-electron chi connectivity index (χ1n) is 9.53. The number of H-pyrrole nitrogens is 1. The van der Waals surface area contributed by atoms with Crippen LogP contribution in [0.4, 0.5) is 0 Å². The van der Waals surface area contributed by atoms with Gasteiger partial charge in [0, 0.05) is 53.2 Å². The lowest BCUT2D eigenvalue weighted by Gasteiger charge is -2.16. The van der Waals surface area contributed by atoms with E-state index < -0.39 is 0 Å². The zero-order valence-corrected chi connectivity index (χ0v) is 15.5. The number of aryl methyl sites for hydroxylation is 1. The molecule has 0 spiro atoms. The Morgan fingerprint density at radius 3 is 2.67 bits per heavy atom. The predicted molar refractivity (Wildman–Crippen MR) is 109 cm³/mol. The van der Waals surface area contributed by atoms with Crippen LogP contribution >= 0.6 is 0 Å². The van der Waals surface area contributed by atoms with Gasteiger partial charge in [0.15, 0.2) is 0 Å². The summed E-state index contributed by atoms with van der Waals surface area (Å²) in [6.07, 6.45) is 6.86. The van der Waals surface area contributed by atoms with E-state index in [2.05, 4.69) is 58.4 Å². The molecule has 2 N–H and O–H groups in total. The van der Waals surface area contributed by atoms with Gasteiger partial charge in [-0.1, -0.05) is 36.4 Å². The quantitative estimate of drug-likeness (QED) is 0.556. The number of fused-ring (bicyclic) bond motifs is 2. The fourth-order valence-electron chi connectivity index (χ4n) is 4.24. The molecule has 0 atom stereocenters. The molecular formula is C23H23N3O. The number of nitrogens with zero attached hydrogens (tertiary/aromatic N) is 1. The highest BCUT2D eigenvalue weighted by atomic mass is 16.1. The first kappa shape index (κ1) is 16.2. The minimum Gasteiger partial charge on any atom is -0.361 e. The van der Waals surface area contributed by atoms with Crippen LogP contribution in [0.2, 0.25) is 0 Å². The lowest BCUT2D eigenvalue weighted by Crippen LogP contribution is -2.33. The van der Waals surface area contributed by atoms with Crippen LogP contribution in [-0.2, 0) is 23.7 Å². The zero-order valence-electron chi connectivity index (χ0n) is 15.5. The van der Waals surface area contributed by atoms with E-state index in [1.807, 2.05) is 24.4 Å². The third-order valence-electron chi connectivity index (χ3n) is 5.97. The lowest BCUT2D eigenvalue weighted by molar-refractivity contribution is -0.120. The summed E-state index contributed by atoms with van der Waals surface area (Å²) in [5.74, 6) is 0.0891. The Morgan fingerprint density at radius 2 is 1.85 bits per heavy atom. The van der Waals surface area contributed by atoms with Crippen LogP contribution in [-0.4, -0.2) is 22.0 Å². The molecule has 2 aromatic carbocycles. The minimum atomic E-state index is 0.0891. The van der Waals surface area contributed by atoms with Crippen molar-refractivity contribution in [3.05, 3.63) is 72.1 Å².